The van der Waals surface area contributed by atoms with Crippen LogP contribution in [-0.2, 0) is 18.5 Å². The molecular weight excluding hydrogens is 328 g/mol. The molecule has 2 heterocycles. The van der Waals surface area contributed by atoms with Crippen LogP contribution in [0.15, 0.2) is 49.1 Å². The normalized spacial score (nSPS) is 14.4. The van der Waals surface area contributed by atoms with Crippen LogP contribution >= 0.6 is 0 Å². The number of benzene rings is 1. The summed E-state index contributed by atoms with van der Waals surface area (Å²) in [6.45, 7) is 11.4. The first-order valence-electron chi connectivity index (χ1n) is 10.7. The molecule has 0 atom stereocenters. The van der Waals surface area contributed by atoms with Gasteiger partial charge in [0.1, 0.15) is 13.1 Å². The van der Waals surface area contributed by atoms with Gasteiger partial charge in [-0.3, -0.25) is 0 Å². The van der Waals surface area contributed by atoms with Crippen molar-refractivity contribution in [2.45, 2.75) is 71.9 Å². The van der Waals surface area contributed by atoms with E-state index in [1.54, 1.807) is 5.56 Å². The van der Waals surface area contributed by atoms with Gasteiger partial charge in [-0.1, -0.05) is 33.8 Å². The molecule has 3 aromatic rings. The second-order valence-electron chi connectivity index (χ2n) is 7.97. The first kappa shape index (κ1) is 18.2. The zero-order valence-electron chi connectivity index (χ0n) is 17.3. The van der Waals surface area contributed by atoms with E-state index in [2.05, 4.69) is 85.9 Å². The summed E-state index contributed by atoms with van der Waals surface area (Å²) in [6.07, 6.45) is 13.9. The van der Waals surface area contributed by atoms with Crippen LogP contribution in [0.3, 0.4) is 0 Å². The molecule has 4 rings (SSSR count). The summed E-state index contributed by atoms with van der Waals surface area (Å²) < 4.78 is 4.70. The monoisotopic (exact) mass is 360 g/mol. The van der Waals surface area contributed by atoms with Crippen LogP contribution in [0.5, 0.6) is 0 Å². The Labute approximate surface area is 163 Å². The molecule has 1 aliphatic rings. The van der Waals surface area contributed by atoms with Crippen LogP contribution in [0.25, 0.3) is 21.9 Å². The average Bonchev–Trinajstić information content (AvgIpc) is 2.98. The number of pyridine rings is 2. The fraction of sp³-hybridized carbons (Fsp3) is 0.440. The third-order valence-electron chi connectivity index (χ3n) is 6.49. The lowest BCUT2D eigenvalue weighted by atomic mass is 9.73. The van der Waals surface area contributed by atoms with E-state index in [-0.39, 0.29) is 5.41 Å². The molecule has 0 saturated carbocycles. The predicted molar refractivity (Wildman–Crippen MR) is 112 cm³/mol. The van der Waals surface area contributed by atoms with Gasteiger partial charge in [-0.05, 0) is 41.0 Å². The van der Waals surface area contributed by atoms with Crippen molar-refractivity contribution >= 4 is 10.8 Å². The van der Waals surface area contributed by atoms with Gasteiger partial charge in [-0.2, -0.15) is 0 Å². The van der Waals surface area contributed by atoms with Crippen LogP contribution in [0.1, 0.15) is 64.5 Å². The van der Waals surface area contributed by atoms with E-state index in [4.69, 9.17) is 0 Å². The number of nitrogens with zero attached hydrogens (tertiary/aromatic N) is 2. The lowest BCUT2D eigenvalue weighted by Crippen LogP contribution is -2.35. The van der Waals surface area contributed by atoms with Crippen LogP contribution in [0, 0.1) is 0 Å². The Morgan fingerprint density at radius 3 is 2.07 bits per heavy atom. The number of aryl methyl sites for hydroxylation is 2. The molecule has 0 saturated heterocycles. The summed E-state index contributed by atoms with van der Waals surface area (Å²) in [6, 6.07) is 9.39. The van der Waals surface area contributed by atoms with Crippen molar-refractivity contribution in [3.05, 3.63) is 60.2 Å². The van der Waals surface area contributed by atoms with Crippen LogP contribution in [-0.4, -0.2) is 0 Å². The highest BCUT2D eigenvalue weighted by molar-refractivity contribution is 5.96. The molecule has 2 aromatic heterocycles. The number of rotatable bonds is 6. The summed E-state index contributed by atoms with van der Waals surface area (Å²) in [7, 11) is 0. The maximum Gasteiger partial charge on any atom is 0.176 e. The Morgan fingerprint density at radius 2 is 1.41 bits per heavy atom. The molecule has 0 amide bonds. The minimum Gasteiger partial charge on any atom is -0.205 e. The van der Waals surface area contributed by atoms with Crippen molar-refractivity contribution in [1.29, 1.82) is 0 Å². The van der Waals surface area contributed by atoms with Gasteiger partial charge in [0, 0.05) is 41.3 Å². The predicted octanol–water partition coefficient (Wildman–Crippen LogP) is 5.32. The molecule has 2 heteroatoms. The number of aromatic nitrogens is 2. The zero-order chi connectivity index (χ0) is 19.0. The van der Waals surface area contributed by atoms with Gasteiger partial charge in [0.15, 0.2) is 24.8 Å². The molecule has 1 aliphatic carbocycles. The van der Waals surface area contributed by atoms with E-state index in [0.717, 1.165) is 32.4 Å². The van der Waals surface area contributed by atoms with Crippen LogP contribution < -0.4 is 9.13 Å². The molecular formula is C25H32N2+2. The summed E-state index contributed by atoms with van der Waals surface area (Å²) in [5.41, 5.74) is 6.08. The summed E-state index contributed by atoms with van der Waals surface area (Å²) in [5, 5.41) is 2.80. The zero-order valence-corrected chi connectivity index (χ0v) is 17.3. The van der Waals surface area contributed by atoms with Crippen LogP contribution in [0.2, 0.25) is 0 Å². The second-order valence-corrected chi connectivity index (χ2v) is 7.97. The first-order chi connectivity index (χ1) is 13.2. The number of hydrogen-bond acceptors (Lipinski definition) is 0. The lowest BCUT2D eigenvalue weighted by Gasteiger charge is -2.29. The van der Waals surface area contributed by atoms with E-state index >= 15 is 0 Å². The van der Waals surface area contributed by atoms with Crippen molar-refractivity contribution in [1.82, 2.24) is 0 Å². The van der Waals surface area contributed by atoms with E-state index < -0.39 is 0 Å². The molecule has 1 aromatic carbocycles. The Hall–Kier alpha value is -2.22. The Balaban J connectivity index is 1.99. The van der Waals surface area contributed by atoms with Gasteiger partial charge in [-0.25, -0.2) is 9.13 Å². The SMILES string of the molecule is CCC[n+]1ccc2c(c1)C(CC)(CC)c1c-2ccc2c[n+](CCC)ccc12. The van der Waals surface area contributed by atoms with Gasteiger partial charge in [-0.15, -0.1) is 0 Å². The average molecular weight is 361 g/mol. The highest BCUT2D eigenvalue weighted by Gasteiger charge is 2.43. The number of hydrogen-bond donors (Lipinski definition) is 0. The van der Waals surface area contributed by atoms with E-state index in [0.29, 0.717) is 0 Å². The molecule has 0 fully saturated rings. The topological polar surface area (TPSA) is 7.76 Å². The molecule has 0 radical (unpaired) electrons. The van der Waals surface area contributed by atoms with E-state index in [9.17, 15) is 0 Å². The van der Waals surface area contributed by atoms with Crippen molar-refractivity contribution < 1.29 is 9.13 Å². The molecule has 0 N–H and O–H groups in total. The Bertz CT molecular complexity index is 983. The Morgan fingerprint density at radius 1 is 0.741 bits per heavy atom. The fourth-order valence-electron chi connectivity index (χ4n) is 5.13. The summed E-state index contributed by atoms with van der Waals surface area (Å²) in [5.74, 6) is 0. The fourth-order valence-corrected chi connectivity index (χ4v) is 5.13. The first-order valence-corrected chi connectivity index (χ1v) is 10.7. The van der Waals surface area contributed by atoms with Crippen LogP contribution in [0.4, 0.5) is 0 Å². The van der Waals surface area contributed by atoms with Crippen molar-refractivity contribution in [3.8, 4) is 11.1 Å². The molecule has 0 spiro atoms. The van der Waals surface area contributed by atoms with E-state index in [1.165, 1.54) is 33.9 Å². The molecule has 0 unspecified atom stereocenters. The molecule has 140 valence electrons. The standard InChI is InChI=1S/C25H32N2/c1-5-13-26-15-11-20-19(17-26)9-10-22-21-12-16-27(14-6-2)18-23(21)25(7-3,8-4)24(20)22/h9-12,15-18H,5-8,13-14H2,1-4H3/q+2. The highest BCUT2D eigenvalue weighted by Crippen LogP contribution is 2.54. The minimum atomic E-state index is 0.123. The molecule has 0 aliphatic heterocycles. The summed E-state index contributed by atoms with van der Waals surface area (Å²) in [4.78, 5) is 0. The lowest BCUT2D eigenvalue weighted by molar-refractivity contribution is -0.697. The van der Waals surface area contributed by atoms with Gasteiger partial charge in [0.25, 0.3) is 0 Å². The quantitative estimate of drug-likeness (QED) is 0.526. The summed E-state index contributed by atoms with van der Waals surface area (Å²) >= 11 is 0. The Kier molecular flexibility index (Phi) is 4.75. The maximum absolute atomic E-state index is 2.43. The minimum absolute atomic E-state index is 0.123. The third-order valence-corrected chi connectivity index (χ3v) is 6.49. The van der Waals surface area contributed by atoms with Gasteiger partial charge < -0.3 is 0 Å². The van der Waals surface area contributed by atoms with E-state index in [1.807, 2.05) is 0 Å². The second kappa shape index (κ2) is 7.07. The maximum atomic E-state index is 2.43. The number of fused-ring (bicyclic) bond motifs is 5. The van der Waals surface area contributed by atoms with Gasteiger partial charge >= 0.3 is 0 Å². The highest BCUT2D eigenvalue weighted by atomic mass is 14.9. The smallest absolute Gasteiger partial charge is 0.176 e. The molecule has 0 bridgehead atoms. The van der Waals surface area contributed by atoms with Gasteiger partial charge in [0.2, 0.25) is 0 Å². The largest absolute Gasteiger partial charge is 0.205 e. The van der Waals surface area contributed by atoms with Gasteiger partial charge in [0.05, 0.1) is 0 Å². The molecule has 2 nitrogen and oxygen atoms in total. The van der Waals surface area contributed by atoms with Crippen molar-refractivity contribution in [2.24, 2.45) is 0 Å². The third kappa shape index (κ3) is 2.69. The van der Waals surface area contributed by atoms with Crippen molar-refractivity contribution in [2.75, 3.05) is 0 Å². The molecule has 27 heavy (non-hydrogen) atoms. The van der Waals surface area contributed by atoms with Crippen molar-refractivity contribution in [3.63, 3.8) is 0 Å².